The lowest BCUT2D eigenvalue weighted by molar-refractivity contribution is 0.0380. The van der Waals surface area contributed by atoms with Crippen LogP contribution in [0.15, 0.2) is 12.4 Å². The highest BCUT2D eigenvalue weighted by Gasteiger charge is 2.27. The molecule has 0 atom stereocenters. The molecule has 4 heteroatoms. The quantitative estimate of drug-likeness (QED) is 0.789. The summed E-state index contributed by atoms with van der Waals surface area (Å²) in [6.07, 6.45) is 8.08. The third-order valence-electron chi connectivity index (χ3n) is 3.44. The van der Waals surface area contributed by atoms with Crippen LogP contribution in [0.4, 0.5) is 5.82 Å². The molecule has 0 aliphatic heterocycles. The van der Waals surface area contributed by atoms with Crippen LogP contribution in [0, 0.1) is 6.92 Å². The number of aromatic nitrogens is 2. The minimum absolute atomic E-state index is 0.560. The Morgan fingerprint density at radius 2 is 1.94 bits per heavy atom. The normalized spacial score (nSPS) is 19.6. The number of nitrogens with one attached hydrogen (secondary N) is 1. The maximum Gasteiger partial charge on any atom is 0.129 e. The molecule has 2 rings (SSSR count). The molecule has 17 heavy (non-hydrogen) atoms. The van der Waals surface area contributed by atoms with Crippen molar-refractivity contribution in [1.82, 2.24) is 9.97 Å². The van der Waals surface area contributed by atoms with E-state index in [1.807, 2.05) is 13.0 Å². The summed E-state index contributed by atoms with van der Waals surface area (Å²) in [6.45, 7) is 2.52. The molecule has 1 aromatic rings. The number of aliphatic hydroxyl groups is 1. The molecule has 1 fully saturated rings. The van der Waals surface area contributed by atoms with Gasteiger partial charge in [0.25, 0.3) is 0 Å². The van der Waals surface area contributed by atoms with Crippen LogP contribution in [-0.2, 0) is 0 Å². The molecule has 0 unspecified atom stereocenters. The molecule has 0 aromatic carbocycles. The Bertz CT molecular complexity index is 359. The zero-order valence-electron chi connectivity index (χ0n) is 10.4. The van der Waals surface area contributed by atoms with Gasteiger partial charge in [-0.1, -0.05) is 25.7 Å². The zero-order valence-corrected chi connectivity index (χ0v) is 10.4. The van der Waals surface area contributed by atoms with E-state index < -0.39 is 5.60 Å². The maximum absolute atomic E-state index is 10.5. The van der Waals surface area contributed by atoms with E-state index in [2.05, 4.69) is 15.3 Å². The minimum atomic E-state index is -0.560. The predicted molar refractivity (Wildman–Crippen MR) is 67.9 cm³/mol. The van der Waals surface area contributed by atoms with E-state index in [1.54, 1.807) is 6.33 Å². The molecule has 94 valence electrons. The molecule has 0 bridgehead atoms. The first kappa shape index (κ1) is 12.3. The minimum Gasteiger partial charge on any atom is -0.388 e. The Morgan fingerprint density at radius 3 is 2.59 bits per heavy atom. The summed E-state index contributed by atoms with van der Waals surface area (Å²) in [4.78, 5) is 8.20. The molecule has 1 aliphatic rings. The summed E-state index contributed by atoms with van der Waals surface area (Å²) in [6, 6.07) is 1.90. The molecule has 0 saturated heterocycles. The second kappa shape index (κ2) is 5.45. The van der Waals surface area contributed by atoms with E-state index in [9.17, 15) is 5.11 Å². The fourth-order valence-corrected chi connectivity index (χ4v) is 2.37. The first-order valence-electron chi connectivity index (χ1n) is 6.43. The van der Waals surface area contributed by atoms with Crippen LogP contribution in [0.2, 0.25) is 0 Å². The lowest BCUT2D eigenvalue weighted by Crippen LogP contribution is -2.36. The van der Waals surface area contributed by atoms with Gasteiger partial charge in [0.1, 0.15) is 12.1 Å². The molecule has 0 amide bonds. The molecule has 1 saturated carbocycles. The highest BCUT2D eigenvalue weighted by atomic mass is 16.3. The van der Waals surface area contributed by atoms with E-state index >= 15 is 0 Å². The van der Waals surface area contributed by atoms with Gasteiger partial charge >= 0.3 is 0 Å². The predicted octanol–water partition coefficient (Wildman–Crippen LogP) is 2.28. The Labute approximate surface area is 102 Å². The first-order chi connectivity index (χ1) is 8.18. The van der Waals surface area contributed by atoms with Gasteiger partial charge in [0, 0.05) is 18.3 Å². The van der Waals surface area contributed by atoms with Gasteiger partial charge in [-0.2, -0.15) is 0 Å². The van der Waals surface area contributed by atoms with E-state index in [0.717, 1.165) is 37.2 Å². The van der Waals surface area contributed by atoms with Crippen molar-refractivity contribution >= 4 is 5.82 Å². The van der Waals surface area contributed by atoms with Crippen molar-refractivity contribution < 1.29 is 5.11 Å². The van der Waals surface area contributed by atoms with Gasteiger partial charge in [0.2, 0.25) is 0 Å². The van der Waals surface area contributed by atoms with E-state index in [0.29, 0.717) is 6.54 Å². The van der Waals surface area contributed by atoms with Crippen molar-refractivity contribution in [2.75, 3.05) is 11.9 Å². The summed E-state index contributed by atoms with van der Waals surface area (Å²) in [5, 5.41) is 13.7. The van der Waals surface area contributed by atoms with E-state index in [1.165, 1.54) is 12.8 Å². The monoisotopic (exact) mass is 235 g/mol. The molecule has 2 N–H and O–H groups in total. The third kappa shape index (κ3) is 3.66. The van der Waals surface area contributed by atoms with Crippen molar-refractivity contribution in [3.05, 3.63) is 18.1 Å². The van der Waals surface area contributed by atoms with Crippen LogP contribution in [0.25, 0.3) is 0 Å². The summed E-state index contributed by atoms with van der Waals surface area (Å²) in [7, 11) is 0. The second-order valence-electron chi connectivity index (χ2n) is 5.04. The van der Waals surface area contributed by atoms with Crippen molar-refractivity contribution in [3.63, 3.8) is 0 Å². The fourth-order valence-electron chi connectivity index (χ4n) is 2.37. The Kier molecular flexibility index (Phi) is 3.94. The van der Waals surface area contributed by atoms with Gasteiger partial charge < -0.3 is 10.4 Å². The number of hydrogen-bond donors (Lipinski definition) is 2. The Balaban J connectivity index is 1.92. The highest BCUT2D eigenvalue weighted by molar-refractivity contribution is 5.34. The number of hydrogen-bond acceptors (Lipinski definition) is 4. The molecule has 0 radical (unpaired) electrons. The number of anilines is 1. The van der Waals surface area contributed by atoms with Crippen molar-refractivity contribution in [3.8, 4) is 0 Å². The van der Waals surface area contributed by atoms with Crippen molar-refractivity contribution in [2.24, 2.45) is 0 Å². The van der Waals surface area contributed by atoms with Gasteiger partial charge in [0.15, 0.2) is 0 Å². The van der Waals surface area contributed by atoms with Gasteiger partial charge in [0.05, 0.1) is 5.60 Å². The number of nitrogens with zero attached hydrogens (tertiary/aromatic N) is 2. The van der Waals surface area contributed by atoms with E-state index in [-0.39, 0.29) is 0 Å². The topological polar surface area (TPSA) is 58.0 Å². The summed E-state index contributed by atoms with van der Waals surface area (Å²) in [5.41, 5.74) is 0.380. The van der Waals surface area contributed by atoms with E-state index in [4.69, 9.17) is 0 Å². The number of rotatable bonds is 3. The van der Waals surface area contributed by atoms with Crippen LogP contribution in [-0.4, -0.2) is 27.2 Å². The molecular weight excluding hydrogens is 214 g/mol. The lowest BCUT2D eigenvalue weighted by atomic mass is 9.94. The maximum atomic E-state index is 10.5. The summed E-state index contributed by atoms with van der Waals surface area (Å²) in [5.74, 6) is 0.801. The average molecular weight is 235 g/mol. The fraction of sp³-hybridized carbons (Fsp3) is 0.692. The molecule has 1 heterocycles. The standard InChI is InChI=1S/C13H21N3O/c1-11-8-12(16-10-15-11)14-9-13(17)6-4-2-3-5-7-13/h8,10,17H,2-7,9H2,1H3,(H,14,15,16). The smallest absolute Gasteiger partial charge is 0.129 e. The average Bonchev–Trinajstić information content (AvgIpc) is 2.53. The van der Waals surface area contributed by atoms with Gasteiger partial charge in [-0.05, 0) is 19.8 Å². The van der Waals surface area contributed by atoms with Gasteiger partial charge in [-0.3, -0.25) is 0 Å². The SMILES string of the molecule is Cc1cc(NCC2(O)CCCCCC2)ncn1. The number of aryl methyl sites for hydroxylation is 1. The summed E-state index contributed by atoms with van der Waals surface area (Å²) < 4.78 is 0. The van der Waals surface area contributed by atoms with Crippen LogP contribution in [0.3, 0.4) is 0 Å². The molecule has 1 aliphatic carbocycles. The first-order valence-corrected chi connectivity index (χ1v) is 6.43. The van der Waals surface area contributed by atoms with Crippen LogP contribution < -0.4 is 5.32 Å². The van der Waals surface area contributed by atoms with Crippen molar-refractivity contribution in [1.29, 1.82) is 0 Å². The Hall–Kier alpha value is -1.16. The second-order valence-corrected chi connectivity index (χ2v) is 5.04. The Morgan fingerprint density at radius 1 is 1.24 bits per heavy atom. The largest absolute Gasteiger partial charge is 0.388 e. The van der Waals surface area contributed by atoms with Gasteiger partial charge in [-0.15, -0.1) is 0 Å². The van der Waals surface area contributed by atoms with Gasteiger partial charge in [-0.25, -0.2) is 9.97 Å². The molecule has 4 nitrogen and oxygen atoms in total. The molecule has 1 aromatic heterocycles. The zero-order chi connectivity index (χ0) is 12.1. The highest BCUT2D eigenvalue weighted by Crippen LogP contribution is 2.27. The molecule has 0 spiro atoms. The molecular formula is C13H21N3O. The van der Waals surface area contributed by atoms with Crippen LogP contribution in [0.1, 0.15) is 44.2 Å². The lowest BCUT2D eigenvalue weighted by Gasteiger charge is -2.27. The summed E-state index contributed by atoms with van der Waals surface area (Å²) >= 11 is 0. The van der Waals surface area contributed by atoms with Crippen molar-refractivity contribution in [2.45, 2.75) is 51.0 Å². The van der Waals surface area contributed by atoms with Crippen LogP contribution >= 0.6 is 0 Å². The van der Waals surface area contributed by atoms with Crippen LogP contribution in [0.5, 0.6) is 0 Å². The third-order valence-corrected chi connectivity index (χ3v) is 3.44.